The highest BCUT2D eigenvalue weighted by atomic mass is 35.5. The molecule has 0 aromatic carbocycles. The van der Waals surface area contributed by atoms with Crippen molar-refractivity contribution in [3.8, 4) is 0 Å². The highest BCUT2D eigenvalue weighted by Crippen LogP contribution is 2.48. The molecule has 114 valence electrons. The first-order valence-corrected chi connectivity index (χ1v) is 6.21. The average molecular weight is 320 g/mol. The van der Waals surface area contributed by atoms with Crippen molar-refractivity contribution in [3.05, 3.63) is 12.7 Å². The van der Waals surface area contributed by atoms with Gasteiger partial charge in [-0.1, -0.05) is 11.6 Å². The van der Waals surface area contributed by atoms with Crippen LogP contribution in [0.15, 0.2) is 12.7 Å². The van der Waals surface area contributed by atoms with Crippen molar-refractivity contribution in [2.24, 2.45) is 0 Å². The first kappa shape index (κ1) is 14.4. The molecule has 1 aliphatic rings. The highest BCUT2D eigenvalue weighted by Gasteiger charge is 2.68. The summed E-state index contributed by atoms with van der Waals surface area (Å²) in [6.07, 6.45) is -1.34. The molecule has 2 aromatic rings. The molecule has 0 spiro atoms. The third kappa shape index (κ3) is 1.74. The molecule has 9 nitrogen and oxygen atoms in total. The van der Waals surface area contributed by atoms with Gasteiger partial charge in [0.05, 0.1) is 6.61 Å². The van der Waals surface area contributed by atoms with Gasteiger partial charge in [0, 0.05) is 0 Å². The summed E-state index contributed by atoms with van der Waals surface area (Å²) in [5.41, 5.74) is 5.73. The molecule has 21 heavy (non-hydrogen) atoms. The van der Waals surface area contributed by atoms with Crippen molar-refractivity contribution < 1.29 is 24.4 Å². The van der Waals surface area contributed by atoms with E-state index in [9.17, 15) is 14.6 Å². The number of alkyl halides is 2. The summed E-state index contributed by atoms with van der Waals surface area (Å²) < 4.78 is 20.5. The molecule has 3 rings (SSSR count). The molecule has 0 unspecified atom stereocenters. The summed E-state index contributed by atoms with van der Waals surface area (Å²) >= 11 is 6.03. The second-order valence-electron chi connectivity index (χ2n) is 4.56. The number of nitrogens with zero attached hydrogens (tertiary/aromatic N) is 4. The number of hydrogen-bond acceptors (Lipinski definition) is 8. The first-order valence-electron chi connectivity index (χ1n) is 5.84. The van der Waals surface area contributed by atoms with E-state index in [1.54, 1.807) is 0 Å². The third-order valence-electron chi connectivity index (χ3n) is 3.34. The summed E-state index contributed by atoms with van der Waals surface area (Å²) in [5, 5.41) is 26.1. The molecule has 3 heterocycles. The maximum absolute atomic E-state index is 14.5. The topological polar surface area (TPSA) is 140 Å². The van der Waals surface area contributed by atoms with Gasteiger partial charge in [-0.05, 0) is 0 Å². The van der Waals surface area contributed by atoms with Gasteiger partial charge in [-0.25, -0.2) is 19.3 Å². The lowest BCUT2D eigenvalue weighted by Crippen LogP contribution is -2.51. The molecule has 0 aliphatic carbocycles. The number of imidazole rings is 1. The quantitative estimate of drug-likeness (QED) is 0.499. The van der Waals surface area contributed by atoms with E-state index in [1.165, 1.54) is 0 Å². The number of fused-ring (bicyclic) bond motifs is 1. The van der Waals surface area contributed by atoms with Gasteiger partial charge in [-0.2, -0.15) is 0 Å². The predicted molar refractivity (Wildman–Crippen MR) is 67.6 cm³/mol. The normalized spacial score (nSPS) is 36.4. The molecule has 0 amide bonds. The van der Waals surface area contributed by atoms with Crippen LogP contribution in [0.4, 0.5) is 10.2 Å². The number of hydrogen-bond donors (Lipinski definition) is 4. The Bertz CT molecular complexity index is 697. The molecule has 0 saturated carbocycles. The Kier molecular flexibility index (Phi) is 3.04. The SMILES string of the molecule is Nc1ncnc2c1ncn2[C@]1(Cl)O[C@H](CO)[C@@H](O)[C@]1(O)F. The Morgan fingerprint density at radius 2 is 2.19 bits per heavy atom. The molecule has 2 aromatic heterocycles. The minimum atomic E-state index is -3.39. The van der Waals surface area contributed by atoms with Crippen LogP contribution in [0.3, 0.4) is 0 Å². The average Bonchev–Trinajstić information content (AvgIpc) is 2.95. The predicted octanol–water partition coefficient (Wildman–Crippen LogP) is -1.33. The standard InChI is InChI=1S/C10H11ClFN5O4/c11-10(9(12,20)6(19)4(1-18)21-10)17-3-16-5-7(13)14-2-15-8(5)17/h2-4,6,18-20H,1H2,(H2,13,14,15)/t4-,6-,9-,10+/m1/s1. The van der Waals surface area contributed by atoms with Gasteiger partial charge in [0.25, 0.3) is 11.0 Å². The highest BCUT2D eigenvalue weighted by molar-refractivity contribution is 6.22. The van der Waals surface area contributed by atoms with E-state index >= 15 is 0 Å². The molecule has 5 N–H and O–H groups in total. The molecule has 1 saturated heterocycles. The van der Waals surface area contributed by atoms with E-state index in [0.29, 0.717) is 0 Å². The van der Waals surface area contributed by atoms with Crippen LogP contribution in [-0.2, 0) is 9.92 Å². The lowest BCUT2D eigenvalue weighted by Gasteiger charge is -2.30. The van der Waals surface area contributed by atoms with Crippen LogP contribution in [0.1, 0.15) is 0 Å². The van der Waals surface area contributed by atoms with Crippen LogP contribution in [-0.4, -0.2) is 59.5 Å². The van der Waals surface area contributed by atoms with E-state index in [4.69, 9.17) is 27.2 Å². The Balaban J connectivity index is 2.19. The summed E-state index contributed by atoms with van der Waals surface area (Å²) in [6, 6.07) is 0. The van der Waals surface area contributed by atoms with Gasteiger partial charge in [-0.15, -0.1) is 0 Å². The minimum Gasteiger partial charge on any atom is -0.394 e. The van der Waals surface area contributed by atoms with Gasteiger partial charge < -0.3 is 25.8 Å². The van der Waals surface area contributed by atoms with Crippen molar-refractivity contribution >= 4 is 28.6 Å². The minimum absolute atomic E-state index is 0.000588. The fraction of sp³-hybridized carbons (Fsp3) is 0.500. The van der Waals surface area contributed by atoms with Crippen LogP contribution in [0.2, 0.25) is 0 Å². The van der Waals surface area contributed by atoms with E-state index in [1.807, 2.05) is 0 Å². The number of ether oxygens (including phenoxy) is 1. The van der Waals surface area contributed by atoms with Gasteiger partial charge in [0.2, 0.25) is 0 Å². The number of rotatable bonds is 2. The molecule has 4 atom stereocenters. The van der Waals surface area contributed by atoms with E-state index in [-0.39, 0.29) is 17.0 Å². The fourth-order valence-corrected chi connectivity index (χ4v) is 2.55. The molecule has 11 heteroatoms. The monoisotopic (exact) mass is 319 g/mol. The van der Waals surface area contributed by atoms with E-state index in [0.717, 1.165) is 17.2 Å². The third-order valence-corrected chi connectivity index (χ3v) is 3.87. The number of nitrogens with two attached hydrogens (primary N) is 1. The van der Waals surface area contributed by atoms with Crippen molar-refractivity contribution in [1.82, 2.24) is 19.5 Å². The second-order valence-corrected chi connectivity index (χ2v) is 5.08. The zero-order valence-corrected chi connectivity index (χ0v) is 11.1. The largest absolute Gasteiger partial charge is 0.394 e. The molecular formula is C10H11ClFN5O4. The number of nitrogen functional groups attached to an aromatic ring is 1. The summed E-state index contributed by atoms with van der Waals surface area (Å²) in [4.78, 5) is 11.4. The number of aromatic nitrogens is 4. The van der Waals surface area contributed by atoms with Crippen molar-refractivity contribution in [2.45, 2.75) is 23.2 Å². The smallest absolute Gasteiger partial charge is 0.299 e. The lowest BCUT2D eigenvalue weighted by atomic mass is 10.1. The fourth-order valence-electron chi connectivity index (χ4n) is 2.20. The summed E-state index contributed by atoms with van der Waals surface area (Å²) in [7, 11) is 0. The first-order chi connectivity index (χ1) is 9.83. The molecule has 1 aliphatic heterocycles. The van der Waals surface area contributed by atoms with Gasteiger partial charge >= 0.3 is 0 Å². The Hall–Kier alpha value is -1.59. The van der Waals surface area contributed by atoms with Crippen LogP contribution < -0.4 is 5.73 Å². The van der Waals surface area contributed by atoms with Gasteiger partial charge in [0.1, 0.15) is 30.4 Å². The zero-order chi connectivity index (χ0) is 15.4. The lowest BCUT2D eigenvalue weighted by molar-refractivity contribution is -0.217. The maximum atomic E-state index is 14.5. The Labute approximate surface area is 121 Å². The Morgan fingerprint density at radius 1 is 1.48 bits per heavy atom. The van der Waals surface area contributed by atoms with E-state index < -0.39 is 29.9 Å². The van der Waals surface area contributed by atoms with Crippen molar-refractivity contribution in [3.63, 3.8) is 0 Å². The molecular weight excluding hydrogens is 309 g/mol. The molecule has 0 bridgehead atoms. The number of halogens is 2. The summed E-state index contributed by atoms with van der Waals surface area (Å²) in [5.74, 6) is -3.37. The van der Waals surface area contributed by atoms with Crippen LogP contribution in [0, 0.1) is 0 Å². The maximum Gasteiger partial charge on any atom is 0.299 e. The van der Waals surface area contributed by atoms with Gasteiger partial charge in [0.15, 0.2) is 11.5 Å². The van der Waals surface area contributed by atoms with Crippen molar-refractivity contribution in [1.29, 1.82) is 0 Å². The van der Waals surface area contributed by atoms with Crippen molar-refractivity contribution in [2.75, 3.05) is 12.3 Å². The van der Waals surface area contributed by atoms with Crippen LogP contribution in [0.25, 0.3) is 11.2 Å². The summed E-state index contributed by atoms with van der Waals surface area (Å²) in [6.45, 7) is -0.744. The molecule has 1 fully saturated rings. The Morgan fingerprint density at radius 3 is 2.81 bits per heavy atom. The molecule has 0 radical (unpaired) electrons. The zero-order valence-electron chi connectivity index (χ0n) is 10.4. The number of aliphatic hydroxyl groups is 3. The van der Waals surface area contributed by atoms with E-state index in [2.05, 4.69) is 15.0 Å². The number of anilines is 1. The number of aliphatic hydroxyl groups excluding tert-OH is 2. The van der Waals surface area contributed by atoms with Crippen LogP contribution in [0.5, 0.6) is 0 Å². The van der Waals surface area contributed by atoms with Crippen LogP contribution >= 0.6 is 11.6 Å². The van der Waals surface area contributed by atoms with Gasteiger partial charge in [-0.3, -0.25) is 4.57 Å². The second kappa shape index (κ2) is 4.45.